The van der Waals surface area contributed by atoms with Gasteiger partial charge < -0.3 is 4.90 Å². The van der Waals surface area contributed by atoms with E-state index in [0.717, 1.165) is 16.0 Å². The monoisotopic (exact) mass is 347 g/mol. The first-order chi connectivity index (χ1) is 8.61. The lowest BCUT2D eigenvalue weighted by molar-refractivity contribution is 0.616. The highest BCUT2D eigenvalue weighted by molar-refractivity contribution is 9.11. The van der Waals surface area contributed by atoms with Crippen LogP contribution in [-0.2, 0) is 12.4 Å². The fourth-order valence-corrected chi connectivity index (χ4v) is 3.29. The second kappa shape index (κ2) is 6.04. The molecule has 1 heterocycles. The van der Waals surface area contributed by atoms with Gasteiger partial charge in [0.25, 0.3) is 0 Å². The molecule has 0 unspecified atom stereocenters. The molecule has 1 nitrogen and oxygen atoms in total. The summed E-state index contributed by atoms with van der Waals surface area (Å²) < 4.78 is 14.7. The van der Waals surface area contributed by atoms with E-state index in [1.54, 1.807) is 17.4 Å². The lowest BCUT2D eigenvalue weighted by Crippen LogP contribution is -2.17. The maximum Gasteiger partial charge on any atom is 0.129 e. The lowest BCUT2D eigenvalue weighted by Gasteiger charge is -2.21. The number of hydrogen-bond donors (Lipinski definition) is 0. The van der Waals surface area contributed by atoms with Crippen LogP contribution in [0.2, 0.25) is 0 Å². The number of alkyl halides is 1. The Morgan fingerprint density at radius 1 is 1.44 bits per heavy atom. The first-order valence-electron chi connectivity index (χ1n) is 5.39. The van der Waals surface area contributed by atoms with Gasteiger partial charge in [-0.15, -0.1) is 22.9 Å². The second-order valence-corrected chi connectivity index (χ2v) is 6.54. The molecule has 5 heteroatoms. The predicted molar refractivity (Wildman–Crippen MR) is 80.1 cm³/mol. The van der Waals surface area contributed by atoms with Crippen molar-refractivity contribution in [3.8, 4) is 0 Å². The molecule has 18 heavy (non-hydrogen) atoms. The molecule has 0 spiro atoms. The molecule has 0 atom stereocenters. The summed E-state index contributed by atoms with van der Waals surface area (Å²) in [7, 11) is 1.94. The average molecular weight is 349 g/mol. The summed E-state index contributed by atoms with van der Waals surface area (Å²) in [5, 5.41) is 2.08. The topological polar surface area (TPSA) is 3.24 Å². The van der Waals surface area contributed by atoms with Gasteiger partial charge in [0.1, 0.15) is 5.82 Å². The van der Waals surface area contributed by atoms with E-state index >= 15 is 0 Å². The van der Waals surface area contributed by atoms with Crippen LogP contribution < -0.4 is 4.90 Å². The second-order valence-electron chi connectivity index (χ2n) is 3.99. The van der Waals surface area contributed by atoms with Gasteiger partial charge in [0.15, 0.2) is 0 Å². The fraction of sp³-hybridized carbons (Fsp3) is 0.231. The third kappa shape index (κ3) is 3.05. The van der Waals surface area contributed by atoms with Crippen LogP contribution in [0.3, 0.4) is 0 Å². The zero-order valence-corrected chi connectivity index (χ0v) is 12.9. The van der Waals surface area contributed by atoms with Gasteiger partial charge in [0.05, 0.1) is 9.67 Å². The van der Waals surface area contributed by atoms with Crippen LogP contribution in [0.15, 0.2) is 33.4 Å². The third-order valence-electron chi connectivity index (χ3n) is 2.68. The SMILES string of the molecule is CN(Cc1csc(Br)c1)c1cccc(F)c1CCl. The number of hydrogen-bond acceptors (Lipinski definition) is 2. The summed E-state index contributed by atoms with van der Waals surface area (Å²) in [5.74, 6) is -0.0690. The summed E-state index contributed by atoms with van der Waals surface area (Å²) in [6.45, 7) is 0.732. The minimum absolute atomic E-state index is 0.180. The molecule has 1 aromatic heterocycles. The largest absolute Gasteiger partial charge is 0.370 e. The van der Waals surface area contributed by atoms with Gasteiger partial charge in [-0.05, 0) is 45.1 Å². The van der Waals surface area contributed by atoms with E-state index in [1.165, 1.54) is 11.6 Å². The number of anilines is 1. The number of rotatable bonds is 4. The summed E-state index contributed by atoms with van der Waals surface area (Å²) in [6.07, 6.45) is 0. The fourth-order valence-electron chi connectivity index (χ4n) is 1.82. The Hall–Kier alpha value is -0.580. The molecule has 0 fully saturated rings. The zero-order valence-electron chi connectivity index (χ0n) is 9.79. The van der Waals surface area contributed by atoms with E-state index in [-0.39, 0.29) is 11.7 Å². The Kier molecular flexibility index (Phi) is 4.65. The van der Waals surface area contributed by atoms with Gasteiger partial charge in [-0.1, -0.05) is 6.07 Å². The average Bonchev–Trinajstić information content (AvgIpc) is 2.74. The van der Waals surface area contributed by atoms with Gasteiger partial charge in [0.2, 0.25) is 0 Å². The van der Waals surface area contributed by atoms with Crippen molar-refractivity contribution in [1.82, 2.24) is 0 Å². The van der Waals surface area contributed by atoms with Gasteiger partial charge in [-0.3, -0.25) is 0 Å². The van der Waals surface area contributed by atoms with E-state index < -0.39 is 0 Å². The molecule has 0 aliphatic rings. The minimum atomic E-state index is -0.249. The van der Waals surface area contributed by atoms with E-state index in [1.807, 2.05) is 18.0 Å². The van der Waals surface area contributed by atoms with Crippen molar-refractivity contribution in [3.05, 3.63) is 50.4 Å². The Balaban J connectivity index is 2.23. The number of benzene rings is 1. The molecular formula is C13H12BrClFNS. The first-order valence-corrected chi connectivity index (χ1v) is 7.60. The minimum Gasteiger partial charge on any atom is -0.370 e. The Labute approximate surface area is 123 Å². The maximum absolute atomic E-state index is 13.6. The number of nitrogens with zero attached hydrogens (tertiary/aromatic N) is 1. The van der Waals surface area contributed by atoms with Crippen LogP contribution in [-0.4, -0.2) is 7.05 Å². The maximum atomic E-state index is 13.6. The van der Waals surface area contributed by atoms with Crippen LogP contribution in [0.5, 0.6) is 0 Å². The molecule has 0 aliphatic carbocycles. The molecule has 2 aromatic rings. The lowest BCUT2D eigenvalue weighted by atomic mass is 10.1. The van der Waals surface area contributed by atoms with Crippen molar-refractivity contribution in [2.45, 2.75) is 12.4 Å². The smallest absolute Gasteiger partial charge is 0.129 e. The highest BCUT2D eigenvalue weighted by Crippen LogP contribution is 2.27. The van der Waals surface area contributed by atoms with Crippen LogP contribution in [0, 0.1) is 5.82 Å². The van der Waals surface area contributed by atoms with Crippen molar-refractivity contribution in [1.29, 1.82) is 0 Å². The van der Waals surface area contributed by atoms with Gasteiger partial charge in [-0.2, -0.15) is 0 Å². The molecule has 0 saturated carbocycles. The quantitative estimate of drug-likeness (QED) is 0.701. The van der Waals surface area contributed by atoms with Crippen molar-refractivity contribution >= 4 is 44.6 Å². The Morgan fingerprint density at radius 2 is 2.22 bits per heavy atom. The molecule has 0 saturated heterocycles. The van der Waals surface area contributed by atoms with Crippen molar-refractivity contribution in [3.63, 3.8) is 0 Å². The number of halogens is 3. The summed E-state index contributed by atoms with van der Waals surface area (Å²) >= 11 is 10.9. The van der Waals surface area contributed by atoms with Gasteiger partial charge in [0, 0.05) is 24.8 Å². The molecule has 96 valence electrons. The Morgan fingerprint density at radius 3 is 2.83 bits per heavy atom. The van der Waals surface area contributed by atoms with Crippen molar-refractivity contribution < 1.29 is 4.39 Å². The molecular weight excluding hydrogens is 337 g/mol. The Bertz CT molecular complexity index is 544. The van der Waals surface area contributed by atoms with Crippen LogP contribution >= 0.6 is 38.9 Å². The summed E-state index contributed by atoms with van der Waals surface area (Å²) in [4.78, 5) is 2.01. The first kappa shape index (κ1) is 13.8. The molecule has 2 rings (SSSR count). The molecule has 0 aliphatic heterocycles. The van der Waals surface area contributed by atoms with Crippen LogP contribution in [0.25, 0.3) is 0 Å². The number of thiophene rings is 1. The normalized spacial score (nSPS) is 10.7. The highest BCUT2D eigenvalue weighted by atomic mass is 79.9. The molecule has 0 amide bonds. The van der Waals surface area contributed by atoms with Crippen molar-refractivity contribution in [2.24, 2.45) is 0 Å². The third-order valence-corrected chi connectivity index (χ3v) is 4.50. The molecule has 0 radical (unpaired) electrons. The molecule has 0 bridgehead atoms. The van der Waals surface area contributed by atoms with Gasteiger partial charge in [-0.25, -0.2) is 4.39 Å². The van der Waals surface area contributed by atoms with E-state index in [0.29, 0.717) is 5.56 Å². The zero-order chi connectivity index (χ0) is 13.1. The highest BCUT2D eigenvalue weighted by Gasteiger charge is 2.11. The summed E-state index contributed by atoms with van der Waals surface area (Å²) in [6, 6.07) is 7.11. The predicted octanol–water partition coefficient (Wildman–Crippen LogP) is 5.02. The van der Waals surface area contributed by atoms with E-state index in [4.69, 9.17) is 11.6 Å². The molecule has 0 N–H and O–H groups in total. The van der Waals surface area contributed by atoms with Crippen LogP contribution in [0.4, 0.5) is 10.1 Å². The van der Waals surface area contributed by atoms with E-state index in [9.17, 15) is 4.39 Å². The summed E-state index contributed by atoms with van der Waals surface area (Å²) in [5.41, 5.74) is 2.59. The van der Waals surface area contributed by atoms with Crippen molar-refractivity contribution in [2.75, 3.05) is 11.9 Å². The standard InChI is InChI=1S/C13H12BrClFNS/c1-17(7-9-5-13(14)18-8-9)12-4-2-3-11(16)10(12)6-15/h2-5,8H,6-7H2,1H3. The van der Waals surface area contributed by atoms with Gasteiger partial charge >= 0.3 is 0 Å². The molecule has 1 aromatic carbocycles. The van der Waals surface area contributed by atoms with E-state index in [2.05, 4.69) is 27.4 Å². The van der Waals surface area contributed by atoms with Crippen LogP contribution in [0.1, 0.15) is 11.1 Å².